The summed E-state index contributed by atoms with van der Waals surface area (Å²) in [5, 5.41) is 0.803. The Balaban J connectivity index is 1.93. The Labute approximate surface area is 159 Å². The van der Waals surface area contributed by atoms with Gasteiger partial charge in [-0.3, -0.25) is 4.21 Å². The molecule has 0 aliphatic carbocycles. The number of aromatic nitrogens is 3. The Kier molecular flexibility index (Phi) is 4.70. The van der Waals surface area contributed by atoms with Crippen LogP contribution in [0.4, 0.5) is 5.82 Å². The van der Waals surface area contributed by atoms with Crippen molar-refractivity contribution >= 4 is 27.7 Å². The Morgan fingerprint density at radius 2 is 1.85 bits per heavy atom. The number of hydrogen-bond donors (Lipinski definition) is 2. The molecule has 0 fully saturated rings. The lowest BCUT2D eigenvalue weighted by atomic mass is 10.1. The molecule has 0 saturated heterocycles. The molecule has 1 atom stereocenters. The molecule has 1 unspecified atom stereocenters. The molecule has 27 heavy (non-hydrogen) atoms. The van der Waals surface area contributed by atoms with E-state index in [1.165, 1.54) is 6.33 Å². The van der Waals surface area contributed by atoms with Crippen molar-refractivity contribution in [2.75, 3.05) is 18.0 Å². The topological polar surface area (TPSA) is 99.8 Å². The fourth-order valence-corrected chi connectivity index (χ4v) is 4.05. The standard InChI is InChI=1S/C20H19N5OS/c21-9-10-27(26)16-8-4-7-15(11-16)25-12-17(14-5-2-1-3-6-14)18-19(22)23-13-24-20(18)25/h1-8,11-13H,9-10,21H2,(H2,22,23,24). The van der Waals surface area contributed by atoms with E-state index in [0.717, 1.165) is 27.1 Å². The lowest BCUT2D eigenvalue weighted by molar-refractivity contribution is 0.682. The third-order valence-corrected chi connectivity index (χ3v) is 5.75. The van der Waals surface area contributed by atoms with Gasteiger partial charge in [0.15, 0.2) is 5.65 Å². The van der Waals surface area contributed by atoms with Crippen LogP contribution in [0.5, 0.6) is 0 Å². The van der Waals surface area contributed by atoms with Crippen LogP contribution in [0.3, 0.4) is 0 Å². The molecular formula is C20H19N5OS. The summed E-state index contributed by atoms with van der Waals surface area (Å²) in [7, 11) is -1.13. The van der Waals surface area contributed by atoms with Gasteiger partial charge in [-0.1, -0.05) is 36.4 Å². The molecule has 0 aliphatic rings. The van der Waals surface area contributed by atoms with E-state index in [1.807, 2.05) is 65.4 Å². The molecule has 0 aliphatic heterocycles. The van der Waals surface area contributed by atoms with Gasteiger partial charge in [-0.25, -0.2) is 9.97 Å². The third kappa shape index (κ3) is 3.22. The van der Waals surface area contributed by atoms with Crippen LogP contribution in [0.15, 0.2) is 72.0 Å². The second-order valence-electron chi connectivity index (χ2n) is 6.07. The van der Waals surface area contributed by atoms with Gasteiger partial charge in [0.1, 0.15) is 12.1 Å². The fourth-order valence-electron chi connectivity index (χ4n) is 3.12. The summed E-state index contributed by atoms with van der Waals surface area (Å²) in [6.07, 6.45) is 3.45. The Hall–Kier alpha value is -3.03. The minimum atomic E-state index is -1.13. The predicted octanol–water partition coefficient (Wildman–Crippen LogP) is 2.74. The van der Waals surface area contributed by atoms with Crippen LogP contribution >= 0.6 is 0 Å². The lowest BCUT2D eigenvalue weighted by Gasteiger charge is -2.07. The first-order chi connectivity index (χ1) is 13.2. The van der Waals surface area contributed by atoms with Gasteiger partial charge in [0.2, 0.25) is 0 Å². The van der Waals surface area contributed by atoms with Crippen LogP contribution < -0.4 is 11.5 Å². The first-order valence-electron chi connectivity index (χ1n) is 8.55. The van der Waals surface area contributed by atoms with Crippen LogP contribution in [0, 0.1) is 0 Å². The normalized spacial score (nSPS) is 12.3. The van der Waals surface area contributed by atoms with Crippen molar-refractivity contribution < 1.29 is 4.21 Å². The van der Waals surface area contributed by atoms with Crippen molar-refractivity contribution in [2.24, 2.45) is 5.73 Å². The average Bonchev–Trinajstić information content (AvgIpc) is 3.10. The zero-order valence-electron chi connectivity index (χ0n) is 14.6. The zero-order chi connectivity index (χ0) is 18.8. The molecule has 2 heterocycles. The number of nitrogens with two attached hydrogens (primary N) is 2. The third-order valence-electron chi connectivity index (χ3n) is 4.36. The highest BCUT2D eigenvalue weighted by atomic mass is 32.2. The lowest BCUT2D eigenvalue weighted by Crippen LogP contribution is -2.10. The van der Waals surface area contributed by atoms with Gasteiger partial charge >= 0.3 is 0 Å². The maximum absolute atomic E-state index is 12.3. The van der Waals surface area contributed by atoms with Gasteiger partial charge in [-0.15, -0.1) is 0 Å². The molecule has 4 rings (SSSR count). The first kappa shape index (κ1) is 17.4. The van der Waals surface area contributed by atoms with Crippen LogP contribution in [0.1, 0.15) is 0 Å². The molecule has 4 aromatic rings. The van der Waals surface area contributed by atoms with Crippen LogP contribution in [-0.4, -0.2) is 31.0 Å². The van der Waals surface area contributed by atoms with Crippen molar-refractivity contribution in [2.45, 2.75) is 4.90 Å². The number of hydrogen-bond acceptors (Lipinski definition) is 5. The van der Waals surface area contributed by atoms with Crippen molar-refractivity contribution in [1.29, 1.82) is 0 Å². The summed E-state index contributed by atoms with van der Waals surface area (Å²) in [5.41, 5.74) is 15.3. The summed E-state index contributed by atoms with van der Waals surface area (Å²) < 4.78 is 14.3. The summed E-state index contributed by atoms with van der Waals surface area (Å²) in [6.45, 7) is 0.380. The quantitative estimate of drug-likeness (QED) is 0.557. The van der Waals surface area contributed by atoms with E-state index in [9.17, 15) is 4.21 Å². The molecule has 136 valence electrons. The van der Waals surface area contributed by atoms with Crippen molar-refractivity contribution in [1.82, 2.24) is 14.5 Å². The molecule has 0 radical (unpaired) electrons. The number of nitrogens with zero attached hydrogens (tertiary/aromatic N) is 3. The number of fused-ring (bicyclic) bond motifs is 1. The zero-order valence-corrected chi connectivity index (χ0v) is 15.4. The van der Waals surface area contributed by atoms with Crippen LogP contribution in [-0.2, 0) is 10.8 Å². The largest absolute Gasteiger partial charge is 0.383 e. The minimum absolute atomic E-state index is 0.380. The highest BCUT2D eigenvalue weighted by Crippen LogP contribution is 2.34. The Morgan fingerprint density at radius 3 is 2.63 bits per heavy atom. The van der Waals surface area contributed by atoms with Gasteiger partial charge in [-0.05, 0) is 23.8 Å². The van der Waals surface area contributed by atoms with Crippen molar-refractivity contribution in [3.05, 3.63) is 67.1 Å². The fraction of sp³-hybridized carbons (Fsp3) is 0.100. The summed E-state index contributed by atoms with van der Waals surface area (Å²) in [4.78, 5) is 9.35. The average molecular weight is 377 g/mol. The molecule has 0 saturated carbocycles. The molecule has 0 amide bonds. The summed E-state index contributed by atoms with van der Waals surface area (Å²) >= 11 is 0. The van der Waals surface area contributed by atoms with Crippen molar-refractivity contribution in [3.63, 3.8) is 0 Å². The second kappa shape index (κ2) is 7.30. The van der Waals surface area contributed by atoms with Gasteiger partial charge in [-0.2, -0.15) is 0 Å². The number of benzene rings is 2. The Bertz CT molecular complexity index is 1120. The molecule has 0 spiro atoms. The van der Waals surface area contributed by atoms with E-state index < -0.39 is 10.8 Å². The number of nitrogen functional groups attached to an aromatic ring is 1. The molecule has 0 bridgehead atoms. The van der Waals surface area contributed by atoms with E-state index in [1.54, 1.807) is 0 Å². The van der Waals surface area contributed by atoms with Crippen LogP contribution in [0.25, 0.3) is 27.8 Å². The first-order valence-corrected chi connectivity index (χ1v) is 9.87. The van der Waals surface area contributed by atoms with Gasteiger partial charge in [0.05, 0.1) is 16.2 Å². The van der Waals surface area contributed by atoms with E-state index in [4.69, 9.17) is 11.5 Å². The molecule has 2 aromatic carbocycles. The van der Waals surface area contributed by atoms with Gasteiger partial charge in [0.25, 0.3) is 0 Å². The minimum Gasteiger partial charge on any atom is -0.383 e. The van der Waals surface area contributed by atoms with Crippen LogP contribution in [0.2, 0.25) is 0 Å². The van der Waals surface area contributed by atoms with Crippen molar-refractivity contribution in [3.8, 4) is 16.8 Å². The predicted molar refractivity (Wildman–Crippen MR) is 109 cm³/mol. The van der Waals surface area contributed by atoms with E-state index >= 15 is 0 Å². The smallest absolute Gasteiger partial charge is 0.150 e. The van der Waals surface area contributed by atoms with E-state index in [2.05, 4.69) is 9.97 Å². The Morgan fingerprint density at radius 1 is 1.04 bits per heavy atom. The molecular weight excluding hydrogens is 358 g/mol. The SMILES string of the molecule is NCCS(=O)c1cccc(-n2cc(-c3ccccc3)c3c(N)ncnc32)c1. The highest BCUT2D eigenvalue weighted by molar-refractivity contribution is 7.85. The highest BCUT2D eigenvalue weighted by Gasteiger charge is 2.16. The molecule has 2 aromatic heterocycles. The molecule has 4 N–H and O–H groups in total. The maximum atomic E-state index is 12.3. The molecule has 6 nitrogen and oxygen atoms in total. The van der Waals surface area contributed by atoms with E-state index in [-0.39, 0.29) is 0 Å². The van der Waals surface area contributed by atoms with Gasteiger partial charge < -0.3 is 16.0 Å². The second-order valence-corrected chi connectivity index (χ2v) is 7.64. The molecule has 7 heteroatoms. The number of rotatable bonds is 5. The summed E-state index contributed by atoms with van der Waals surface area (Å²) in [5.74, 6) is 0.862. The van der Waals surface area contributed by atoms with E-state index in [0.29, 0.717) is 23.8 Å². The van der Waals surface area contributed by atoms with Gasteiger partial charge in [0, 0.05) is 34.6 Å². The maximum Gasteiger partial charge on any atom is 0.150 e. The summed E-state index contributed by atoms with van der Waals surface area (Å²) in [6, 6.07) is 17.6. The monoisotopic (exact) mass is 377 g/mol. The number of anilines is 1.